The molecule has 32 heavy (non-hydrogen) atoms. The van der Waals surface area contributed by atoms with Crippen molar-refractivity contribution in [1.29, 1.82) is 0 Å². The van der Waals surface area contributed by atoms with E-state index in [1.54, 1.807) is 0 Å². The third kappa shape index (κ3) is 4.41. The number of piperidine rings is 1. The Hall–Kier alpha value is -3.12. The van der Waals surface area contributed by atoms with Crippen LogP contribution in [-0.2, 0) is 16.1 Å². The molecule has 4 rings (SSSR count). The highest BCUT2D eigenvalue weighted by Crippen LogP contribution is 2.41. The van der Waals surface area contributed by atoms with E-state index in [2.05, 4.69) is 27.7 Å². The molecule has 2 aromatic carbocycles. The lowest BCUT2D eigenvalue weighted by Crippen LogP contribution is -2.52. The quantitative estimate of drug-likeness (QED) is 0.623. The number of nitrogens with one attached hydrogen (secondary N) is 2. The highest BCUT2D eigenvalue weighted by molar-refractivity contribution is 6.23. The molecular weight excluding hydrogens is 402 g/mol. The highest BCUT2D eigenvalue weighted by atomic mass is 16.3. The SMILES string of the molecule is CC(C)c1ccccc1NC(=O)C1=C(O)C2(CCN(Cc3ccccc3)CC2)CNC1=O. The zero-order chi connectivity index (χ0) is 22.7. The second kappa shape index (κ2) is 9.17. The molecule has 1 fully saturated rings. The van der Waals surface area contributed by atoms with Gasteiger partial charge in [0.1, 0.15) is 11.3 Å². The van der Waals surface area contributed by atoms with Crippen molar-refractivity contribution >= 4 is 17.5 Å². The number of aliphatic hydroxyl groups is 1. The number of nitrogens with zero attached hydrogens (tertiary/aromatic N) is 1. The van der Waals surface area contributed by atoms with E-state index in [-0.39, 0.29) is 17.3 Å². The topological polar surface area (TPSA) is 81.7 Å². The Bertz CT molecular complexity index is 1020. The average Bonchev–Trinajstić information content (AvgIpc) is 2.79. The number of hydrogen-bond acceptors (Lipinski definition) is 4. The van der Waals surface area contributed by atoms with E-state index in [0.29, 0.717) is 25.1 Å². The number of hydrogen-bond donors (Lipinski definition) is 3. The zero-order valence-electron chi connectivity index (χ0n) is 18.7. The summed E-state index contributed by atoms with van der Waals surface area (Å²) in [6, 6.07) is 17.9. The van der Waals surface area contributed by atoms with Gasteiger partial charge in [0.15, 0.2) is 0 Å². The van der Waals surface area contributed by atoms with E-state index >= 15 is 0 Å². The van der Waals surface area contributed by atoms with Crippen LogP contribution in [0, 0.1) is 5.41 Å². The van der Waals surface area contributed by atoms with Crippen molar-refractivity contribution in [2.45, 2.75) is 39.2 Å². The molecule has 2 aliphatic rings. The van der Waals surface area contributed by atoms with Crippen LogP contribution in [0.25, 0.3) is 0 Å². The number of anilines is 1. The van der Waals surface area contributed by atoms with Gasteiger partial charge < -0.3 is 15.7 Å². The Morgan fingerprint density at radius 3 is 2.44 bits per heavy atom. The van der Waals surface area contributed by atoms with Gasteiger partial charge in [-0.3, -0.25) is 14.5 Å². The molecule has 2 heterocycles. The summed E-state index contributed by atoms with van der Waals surface area (Å²) >= 11 is 0. The van der Waals surface area contributed by atoms with Gasteiger partial charge in [0.25, 0.3) is 11.8 Å². The van der Waals surface area contributed by atoms with Crippen molar-refractivity contribution in [3.63, 3.8) is 0 Å². The maximum absolute atomic E-state index is 13.1. The van der Waals surface area contributed by atoms with Crippen LogP contribution in [0.1, 0.15) is 43.7 Å². The molecular formula is C26H31N3O3. The van der Waals surface area contributed by atoms with Gasteiger partial charge >= 0.3 is 0 Å². The van der Waals surface area contributed by atoms with E-state index in [0.717, 1.165) is 25.2 Å². The van der Waals surface area contributed by atoms with Crippen molar-refractivity contribution in [2.24, 2.45) is 5.41 Å². The van der Waals surface area contributed by atoms with Crippen LogP contribution in [0.2, 0.25) is 0 Å². The number of benzene rings is 2. The van der Waals surface area contributed by atoms with Gasteiger partial charge in [0.2, 0.25) is 0 Å². The van der Waals surface area contributed by atoms with Crippen LogP contribution < -0.4 is 10.6 Å². The predicted molar refractivity (Wildman–Crippen MR) is 125 cm³/mol. The Morgan fingerprint density at radius 1 is 1.09 bits per heavy atom. The first-order valence-electron chi connectivity index (χ1n) is 11.3. The van der Waals surface area contributed by atoms with Gasteiger partial charge in [-0.05, 0) is 49.0 Å². The van der Waals surface area contributed by atoms with E-state index in [1.165, 1.54) is 5.56 Å². The standard InChI is InChI=1S/C26H31N3O3/c1-18(2)20-10-6-7-11-21(20)28-25(32)22-23(30)26(17-27-24(22)31)12-14-29(15-13-26)16-19-8-4-3-5-9-19/h3-11,18,30H,12-17H2,1-2H3,(H,27,31)(H,28,32). The monoisotopic (exact) mass is 433 g/mol. The molecule has 0 saturated carbocycles. The second-order valence-corrected chi connectivity index (χ2v) is 9.14. The first kappa shape index (κ1) is 22.1. The van der Waals surface area contributed by atoms with Gasteiger partial charge in [-0.15, -0.1) is 0 Å². The number of likely N-dealkylation sites (tertiary alicyclic amines) is 1. The molecule has 0 unspecified atom stereocenters. The van der Waals surface area contributed by atoms with Gasteiger partial charge in [-0.25, -0.2) is 0 Å². The van der Waals surface area contributed by atoms with Crippen LogP contribution >= 0.6 is 0 Å². The van der Waals surface area contributed by atoms with Crippen LogP contribution in [0.3, 0.4) is 0 Å². The van der Waals surface area contributed by atoms with E-state index in [1.807, 2.05) is 56.3 Å². The molecule has 2 aromatic rings. The Balaban J connectivity index is 1.52. The fourth-order valence-corrected chi connectivity index (χ4v) is 4.70. The molecule has 6 heteroatoms. The largest absolute Gasteiger partial charge is 0.511 e. The summed E-state index contributed by atoms with van der Waals surface area (Å²) in [5, 5.41) is 16.9. The number of amides is 2. The number of carbonyl (C=O) groups is 2. The molecule has 0 atom stereocenters. The highest BCUT2D eigenvalue weighted by Gasteiger charge is 2.45. The Kier molecular flexibility index (Phi) is 6.33. The molecule has 0 aliphatic carbocycles. The van der Waals surface area contributed by atoms with Gasteiger partial charge in [0, 0.05) is 24.2 Å². The van der Waals surface area contributed by atoms with Crippen LogP contribution in [0.5, 0.6) is 0 Å². The minimum absolute atomic E-state index is 0.0693. The third-order valence-corrected chi connectivity index (χ3v) is 6.67. The molecule has 1 saturated heterocycles. The minimum Gasteiger partial charge on any atom is -0.511 e. The third-order valence-electron chi connectivity index (χ3n) is 6.67. The maximum atomic E-state index is 13.1. The molecule has 1 spiro atoms. The molecule has 0 aromatic heterocycles. The number of carbonyl (C=O) groups excluding carboxylic acids is 2. The lowest BCUT2D eigenvalue weighted by Gasteiger charge is -2.43. The number of para-hydroxylation sites is 1. The fourth-order valence-electron chi connectivity index (χ4n) is 4.70. The zero-order valence-corrected chi connectivity index (χ0v) is 18.7. The van der Waals surface area contributed by atoms with Gasteiger partial charge in [-0.2, -0.15) is 0 Å². The van der Waals surface area contributed by atoms with E-state index < -0.39 is 17.2 Å². The second-order valence-electron chi connectivity index (χ2n) is 9.14. The Morgan fingerprint density at radius 2 is 1.75 bits per heavy atom. The fraction of sp³-hybridized carbons (Fsp3) is 0.385. The molecule has 0 bridgehead atoms. The minimum atomic E-state index is -0.592. The average molecular weight is 434 g/mol. The van der Waals surface area contributed by atoms with Gasteiger partial charge in [-0.1, -0.05) is 62.4 Å². The molecule has 0 radical (unpaired) electrons. The van der Waals surface area contributed by atoms with Crippen molar-refractivity contribution in [3.8, 4) is 0 Å². The van der Waals surface area contributed by atoms with Crippen LogP contribution in [-0.4, -0.2) is 41.5 Å². The molecule has 6 nitrogen and oxygen atoms in total. The van der Waals surface area contributed by atoms with E-state index in [4.69, 9.17) is 0 Å². The van der Waals surface area contributed by atoms with Crippen molar-refractivity contribution in [3.05, 3.63) is 77.1 Å². The molecule has 2 aliphatic heterocycles. The van der Waals surface area contributed by atoms with Crippen LogP contribution in [0.4, 0.5) is 5.69 Å². The summed E-state index contributed by atoms with van der Waals surface area (Å²) in [6.45, 7) is 6.89. The summed E-state index contributed by atoms with van der Waals surface area (Å²) in [6.07, 6.45) is 1.37. The smallest absolute Gasteiger partial charge is 0.264 e. The number of rotatable bonds is 5. The Labute approximate surface area is 189 Å². The lowest BCUT2D eigenvalue weighted by molar-refractivity contribution is -0.123. The summed E-state index contributed by atoms with van der Waals surface area (Å²) in [5.41, 5.74) is 2.15. The first-order valence-corrected chi connectivity index (χ1v) is 11.3. The summed E-state index contributed by atoms with van der Waals surface area (Å²) in [5.74, 6) is -0.923. The summed E-state index contributed by atoms with van der Waals surface area (Å²) < 4.78 is 0. The lowest BCUT2D eigenvalue weighted by atomic mass is 9.73. The maximum Gasteiger partial charge on any atom is 0.264 e. The van der Waals surface area contributed by atoms with Crippen molar-refractivity contribution < 1.29 is 14.7 Å². The summed E-state index contributed by atoms with van der Waals surface area (Å²) in [7, 11) is 0. The van der Waals surface area contributed by atoms with E-state index in [9.17, 15) is 14.7 Å². The van der Waals surface area contributed by atoms with Crippen LogP contribution in [0.15, 0.2) is 65.9 Å². The summed E-state index contributed by atoms with van der Waals surface area (Å²) in [4.78, 5) is 28.0. The van der Waals surface area contributed by atoms with Crippen molar-refractivity contribution in [2.75, 3.05) is 25.0 Å². The first-order chi connectivity index (χ1) is 15.4. The van der Waals surface area contributed by atoms with Crippen molar-refractivity contribution in [1.82, 2.24) is 10.2 Å². The molecule has 3 N–H and O–H groups in total. The molecule has 2 amide bonds. The molecule has 168 valence electrons. The normalized spacial score (nSPS) is 18.7. The van der Waals surface area contributed by atoms with Gasteiger partial charge in [0.05, 0.1) is 0 Å². The number of aliphatic hydroxyl groups excluding tert-OH is 1. The predicted octanol–water partition coefficient (Wildman–Crippen LogP) is 3.97.